The zero-order chi connectivity index (χ0) is 27.4. The lowest BCUT2D eigenvalue weighted by Gasteiger charge is -2.43. The molecule has 3 aromatic rings. The molecule has 0 spiro atoms. The molecule has 39 heavy (non-hydrogen) atoms. The summed E-state index contributed by atoms with van der Waals surface area (Å²) in [5.41, 5.74) is 6.56. The summed E-state index contributed by atoms with van der Waals surface area (Å²) in [5.74, 6) is 1.86. The third-order valence-electron chi connectivity index (χ3n) is 7.24. The van der Waals surface area contributed by atoms with Crippen LogP contribution in [0.3, 0.4) is 0 Å². The fourth-order valence-corrected chi connectivity index (χ4v) is 5.65. The van der Waals surface area contributed by atoms with Crippen molar-refractivity contribution in [3.8, 4) is 11.5 Å². The molecule has 0 saturated carbocycles. The van der Waals surface area contributed by atoms with E-state index < -0.39 is 0 Å². The van der Waals surface area contributed by atoms with Crippen LogP contribution in [0.4, 0.5) is 0 Å². The minimum atomic E-state index is -0.357. The lowest BCUT2D eigenvalue weighted by Crippen LogP contribution is -2.46. The van der Waals surface area contributed by atoms with Crippen LogP contribution >= 0.6 is 11.6 Å². The zero-order valence-electron chi connectivity index (χ0n) is 22.2. The second-order valence-corrected chi connectivity index (χ2v) is 10.6. The number of piperidine rings is 1. The summed E-state index contributed by atoms with van der Waals surface area (Å²) in [7, 11) is 0. The Bertz CT molecular complexity index is 1440. The highest BCUT2D eigenvalue weighted by Gasteiger charge is 2.34. The summed E-state index contributed by atoms with van der Waals surface area (Å²) in [6.07, 6.45) is 2.74. The second kappa shape index (κ2) is 12.1. The maximum absolute atomic E-state index is 12.4. The number of nitrogens with zero attached hydrogens (tertiary/aromatic N) is 3. The van der Waals surface area contributed by atoms with Crippen LogP contribution in [0.15, 0.2) is 64.5 Å². The first-order chi connectivity index (χ1) is 18.9. The van der Waals surface area contributed by atoms with Gasteiger partial charge in [0.1, 0.15) is 11.5 Å². The number of hydrogen-bond acceptors (Lipinski definition) is 6. The summed E-state index contributed by atoms with van der Waals surface area (Å²) < 4.78 is 13.4. The lowest BCUT2D eigenvalue weighted by atomic mass is 9.83. The summed E-state index contributed by atoms with van der Waals surface area (Å²) in [5, 5.41) is 4.77. The van der Waals surface area contributed by atoms with Crippen molar-refractivity contribution in [2.24, 2.45) is 11.0 Å². The average Bonchev–Trinajstić information content (AvgIpc) is 2.91. The molecule has 3 heterocycles. The van der Waals surface area contributed by atoms with E-state index in [2.05, 4.69) is 27.6 Å². The number of aromatic nitrogens is 1. The van der Waals surface area contributed by atoms with E-state index in [0.29, 0.717) is 29.2 Å². The smallest absolute Gasteiger partial charge is 0.277 e. The molecule has 0 unspecified atom stereocenters. The molecule has 1 saturated heterocycles. The highest BCUT2D eigenvalue weighted by molar-refractivity contribution is 6.31. The van der Waals surface area contributed by atoms with Gasteiger partial charge < -0.3 is 14.0 Å². The second-order valence-electron chi connectivity index (χ2n) is 10.2. The van der Waals surface area contributed by atoms with E-state index >= 15 is 0 Å². The maximum Gasteiger partial charge on any atom is 0.277 e. The van der Waals surface area contributed by atoms with Crippen LogP contribution in [-0.2, 0) is 17.9 Å². The van der Waals surface area contributed by atoms with Crippen LogP contribution in [0, 0.1) is 12.8 Å². The lowest BCUT2D eigenvalue weighted by molar-refractivity contribution is -0.123. The van der Waals surface area contributed by atoms with Crippen LogP contribution in [0.2, 0.25) is 5.02 Å². The highest BCUT2D eigenvalue weighted by Crippen LogP contribution is 2.36. The van der Waals surface area contributed by atoms with Crippen molar-refractivity contribution in [1.82, 2.24) is 14.9 Å². The van der Waals surface area contributed by atoms with Crippen molar-refractivity contribution >= 4 is 23.7 Å². The number of halogens is 1. The Morgan fingerprint density at radius 1 is 1.13 bits per heavy atom. The predicted octanol–water partition coefficient (Wildman–Crippen LogP) is 4.36. The molecule has 2 atom stereocenters. The molecule has 1 amide bonds. The van der Waals surface area contributed by atoms with Crippen LogP contribution in [0.1, 0.15) is 41.6 Å². The minimum Gasteiger partial charge on any atom is -0.494 e. The Balaban J connectivity index is 1.22. The van der Waals surface area contributed by atoms with Crippen LogP contribution < -0.4 is 20.5 Å². The third kappa shape index (κ3) is 6.52. The standard InChI is InChI=1S/C30H33ClN4O4/c1-3-38-28-10-7-21(14-32-33-29(36)19-39-25-8-9-26(31)20(2)11-25)12-24(28)18-34-15-22-13-23(17-34)27-5-4-6-30(37)35(27)16-22/h4-12,14,22-23H,3,13,15-19H2,1-2H3,(H,33,36)/b32-14-/t22-,23-/m0/s1. The molecule has 1 aromatic heterocycles. The first-order valence-electron chi connectivity index (χ1n) is 13.3. The Morgan fingerprint density at radius 3 is 2.82 bits per heavy atom. The van der Waals surface area contributed by atoms with E-state index in [9.17, 15) is 9.59 Å². The Hall–Kier alpha value is -3.62. The van der Waals surface area contributed by atoms with Gasteiger partial charge in [0.2, 0.25) is 0 Å². The van der Waals surface area contributed by atoms with E-state index in [1.807, 2.05) is 36.6 Å². The summed E-state index contributed by atoms with van der Waals surface area (Å²) in [6, 6.07) is 16.8. The molecule has 9 heteroatoms. The Morgan fingerprint density at radius 2 is 2.00 bits per heavy atom. The largest absolute Gasteiger partial charge is 0.494 e. The molecule has 2 aliphatic rings. The number of nitrogens with one attached hydrogen (secondary N) is 1. The zero-order valence-corrected chi connectivity index (χ0v) is 23.0. The number of likely N-dealkylation sites (tertiary alicyclic amines) is 1. The minimum absolute atomic E-state index is 0.0972. The Kier molecular flexibility index (Phi) is 8.33. The van der Waals surface area contributed by atoms with Gasteiger partial charge in [-0.1, -0.05) is 17.7 Å². The monoisotopic (exact) mass is 548 g/mol. The van der Waals surface area contributed by atoms with Crippen molar-refractivity contribution < 1.29 is 14.3 Å². The van der Waals surface area contributed by atoms with E-state index in [0.717, 1.165) is 60.7 Å². The first-order valence-corrected chi connectivity index (χ1v) is 13.7. The molecule has 0 aliphatic carbocycles. The number of hydrazone groups is 1. The van der Waals surface area contributed by atoms with Crippen molar-refractivity contribution in [2.75, 3.05) is 26.3 Å². The number of fused-ring (bicyclic) bond motifs is 4. The topological polar surface area (TPSA) is 85.2 Å². The number of carbonyl (C=O) groups is 1. The summed E-state index contributed by atoms with van der Waals surface area (Å²) >= 11 is 6.03. The molecule has 2 aliphatic heterocycles. The van der Waals surface area contributed by atoms with Gasteiger partial charge in [0, 0.05) is 54.4 Å². The number of carbonyl (C=O) groups excluding carboxylic acids is 1. The molecule has 0 radical (unpaired) electrons. The molecular weight excluding hydrogens is 516 g/mol. The molecule has 204 valence electrons. The fraction of sp³-hybridized carbons (Fsp3) is 0.367. The third-order valence-corrected chi connectivity index (χ3v) is 7.66. The number of amides is 1. The number of aryl methyl sites for hydroxylation is 1. The molecule has 8 nitrogen and oxygen atoms in total. The molecule has 2 bridgehead atoms. The summed E-state index contributed by atoms with van der Waals surface area (Å²) in [4.78, 5) is 27.0. The highest BCUT2D eigenvalue weighted by atomic mass is 35.5. The average molecular weight is 549 g/mol. The van der Waals surface area contributed by atoms with E-state index in [1.165, 1.54) is 0 Å². The predicted molar refractivity (Wildman–Crippen MR) is 152 cm³/mol. The van der Waals surface area contributed by atoms with Crippen LogP contribution in [0.5, 0.6) is 11.5 Å². The van der Waals surface area contributed by atoms with Crippen LogP contribution in [-0.4, -0.2) is 47.9 Å². The van der Waals surface area contributed by atoms with Gasteiger partial charge in [-0.2, -0.15) is 5.10 Å². The van der Waals surface area contributed by atoms with Gasteiger partial charge in [0.05, 0.1) is 12.8 Å². The van der Waals surface area contributed by atoms with Gasteiger partial charge in [-0.3, -0.25) is 14.5 Å². The van der Waals surface area contributed by atoms with Gasteiger partial charge in [-0.05, 0) is 79.8 Å². The Labute approximate surface area is 233 Å². The molecule has 1 fully saturated rings. The SMILES string of the molecule is CCOc1ccc(/C=N\NC(=O)COc2ccc(Cl)c(C)c2)cc1CN1C[C@@H]2C[C@@H](C1)c1cccc(=O)n1C2. The van der Waals surface area contributed by atoms with Gasteiger partial charge in [0.25, 0.3) is 11.5 Å². The number of rotatable bonds is 9. The molecule has 2 aromatic carbocycles. The van der Waals surface area contributed by atoms with Gasteiger partial charge >= 0.3 is 0 Å². The maximum atomic E-state index is 12.4. The number of benzene rings is 2. The summed E-state index contributed by atoms with van der Waals surface area (Å²) in [6.45, 7) is 7.61. The number of hydrogen-bond donors (Lipinski definition) is 1. The number of ether oxygens (including phenoxy) is 2. The van der Waals surface area contributed by atoms with E-state index in [4.69, 9.17) is 21.1 Å². The van der Waals surface area contributed by atoms with Gasteiger partial charge in [0.15, 0.2) is 6.61 Å². The quantitative estimate of drug-likeness (QED) is 0.317. The van der Waals surface area contributed by atoms with Crippen molar-refractivity contribution in [2.45, 2.75) is 39.3 Å². The van der Waals surface area contributed by atoms with Crippen molar-refractivity contribution in [3.63, 3.8) is 0 Å². The van der Waals surface area contributed by atoms with Crippen molar-refractivity contribution in [1.29, 1.82) is 0 Å². The molecule has 5 rings (SSSR count). The first kappa shape index (κ1) is 27.0. The normalized spacial score (nSPS) is 18.5. The molecular formula is C30H33ClN4O4. The van der Waals surface area contributed by atoms with Crippen molar-refractivity contribution in [3.05, 3.63) is 92.4 Å². The van der Waals surface area contributed by atoms with Gasteiger partial charge in [-0.25, -0.2) is 5.43 Å². The fourth-order valence-electron chi connectivity index (χ4n) is 5.53. The van der Waals surface area contributed by atoms with E-state index in [1.54, 1.807) is 30.5 Å². The van der Waals surface area contributed by atoms with Crippen LogP contribution in [0.25, 0.3) is 0 Å². The molecule has 1 N–H and O–H groups in total. The number of pyridine rings is 1. The van der Waals surface area contributed by atoms with Gasteiger partial charge in [-0.15, -0.1) is 0 Å². The van der Waals surface area contributed by atoms with E-state index in [-0.39, 0.29) is 18.1 Å².